The van der Waals surface area contributed by atoms with E-state index in [9.17, 15) is 8.78 Å². The highest BCUT2D eigenvalue weighted by Crippen LogP contribution is 2.50. The Kier molecular flexibility index (Phi) is 9.87. The van der Waals surface area contributed by atoms with Gasteiger partial charge in [-0.3, -0.25) is 9.55 Å². The van der Waals surface area contributed by atoms with Crippen molar-refractivity contribution in [1.82, 2.24) is 14.5 Å². The first kappa shape index (κ1) is 40.0. The fraction of sp³-hybridized carbons (Fsp3) is 0.123. The minimum absolute atomic E-state index is 0.113. The summed E-state index contributed by atoms with van der Waals surface area (Å²) in [7, 11) is 0. The van der Waals surface area contributed by atoms with E-state index in [0.717, 1.165) is 95.2 Å². The highest BCUT2D eigenvalue weighted by atomic mass is 19.1. The van der Waals surface area contributed by atoms with Crippen LogP contribution in [-0.2, 0) is 0 Å². The Labute approximate surface area is 376 Å². The number of hydrogen-bond donors (Lipinski definition) is 0. The normalized spacial score (nSPS) is 12.6. The summed E-state index contributed by atoms with van der Waals surface area (Å²) in [6.07, 6.45) is 3.64. The van der Waals surface area contributed by atoms with Crippen LogP contribution in [-0.4, -0.2) is 21.2 Å². The molecule has 0 unspecified atom stereocenters. The first-order chi connectivity index (χ1) is 31.7. The van der Waals surface area contributed by atoms with E-state index in [-0.39, 0.29) is 11.8 Å². The van der Waals surface area contributed by atoms with Gasteiger partial charge in [-0.2, -0.15) is 0 Å². The predicted molar refractivity (Wildman–Crippen MR) is 261 cm³/mol. The van der Waals surface area contributed by atoms with Crippen molar-refractivity contribution in [3.05, 3.63) is 199 Å². The molecule has 4 heterocycles. The van der Waals surface area contributed by atoms with Gasteiger partial charge in [0.25, 0.3) is 0 Å². The second kappa shape index (κ2) is 16.1. The lowest BCUT2D eigenvalue weighted by molar-refractivity contribution is 0.483. The second-order valence-electron chi connectivity index (χ2n) is 17.4. The number of hydrogen-bond acceptors (Lipinski definition) is 5. The Morgan fingerprint density at radius 2 is 1.18 bits per heavy atom. The summed E-state index contributed by atoms with van der Waals surface area (Å²) < 4.78 is 38.3. The summed E-state index contributed by atoms with van der Waals surface area (Å²) in [4.78, 5) is 14.1. The molecule has 6 nitrogen and oxygen atoms in total. The topological polar surface area (TPSA) is 46.4 Å². The lowest BCUT2D eigenvalue weighted by Gasteiger charge is -2.30. The highest BCUT2D eigenvalue weighted by Gasteiger charge is 2.33. The van der Waals surface area contributed by atoms with Crippen molar-refractivity contribution in [2.45, 2.75) is 39.5 Å². The van der Waals surface area contributed by atoms with Gasteiger partial charge in [0.1, 0.15) is 35.6 Å². The number of anilines is 4. The van der Waals surface area contributed by atoms with Gasteiger partial charge in [-0.1, -0.05) is 76.2 Å². The number of benzene rings is 7. The molecule has 0 fully saturated rings. The molecule has 0 spiro atoms. The maximum absolute atomic E-state index is 14.6. The summed E-state index contributed by atoms with van der Waals surface area (Å²) in [5.41, 5.74) is 12.8. The second-order valence-corrected chi connectivity index (χ2v) is 17.4. The Hall–Kier alpha value is -7.84. The van der Waals surface area contributed by atoms with Crippen LogP contribution in [0, 0.1) is 11.6 Å². The molecular formula is C57H45F2N5O. The number of nitrogens with zero attached hydrogens (tertiary/aromatic N) is 5. The van der Waals surface area contributed by atoms with Crippen molar-refractivity contribution in [2.75, 3.05) is 16.5 Å². The Morgan fingerprint density at radius 3 is 1.94 bits per heavy atom. The third kappa shape index (κ3) is 7.21. The van der Waals surface area contributed by atoms with Gasteiger partial charge in [0.15, 0.2) is 0 Å². The van der Waals surface area contributed by atoms with Crippen LogP contribution in [0.5, 0.6) is 11.5 Å². The summed E-state index contributed by atoms with van der Waals surface area (Å²) in [5.74, 6) is 1.27. The molecule has 0 aliphatic carbocycles. The van der Waals surface area contributed by atoms with Crippen LogP contribution < -0.4 is 14.5 Å². The van der Waals surface area contributed by atoms with E-state index in [0.29, 0.717) is 23.7 Å². The van der Waals surface area contributed by atoms with E-state index in [1.807, 2.05) is 42.7 Å². The van der Waals surface area contributed by atoms with Crippen LogP contribution in [0.25, 0.3) is 60.8 Å². The molecule has 7 aromatic carbocycles. The summed E-state index contributed by atoms with van der Waals surface area (Å²) in [6, 6.07) is 54.0. The molecule has 3 aromatic heterocycles. The van der Waals surface area contributed by atoms with Crippen molar-refractivity contribution in [2.24, 2.45) is 0 Å². The van der Waals surface area contributed by atoms with Gasteiger partial charge < -0.3 is 14.5 Å². The average Bonchev–Trinajstić information content (AvgIpc) is 3.87. The molecule has 0 saturated carbocycles. The maximum Gasteiger partial charge on any atom is 0.137 e. The lowest BCUT2D eigenvalue weighted by Crippen LogP contribution is -2.26. The van der Waals surface area contributed by atoms with Crippen molar-refractivity contribution >= 4 is 55.5 Å². The number of ether oxygens (including phenoxy) is 1. The van der Waals surface area contributed by atoms with E-state index < -0.39 is 11.6 Å². The zero-order valence-electron chi connectivity index (χ0n) is 36.5. The molecule has 318 valence electrons. The molecule has 1 aliphatic heterocycles. The molecule has 10 aromatic rings. The molecule has 1 aliphatic rings. The number of fused-ring (bicyclic) bond motifs is 5. The van der Waals surface area contributed by atoms with Gasteiger partial charge in [0.05, 0.1) is 27.9 Å². The Morgan fingerprint density at radius 1 is 0.508 bits per heavy atom. The monoisotopic (exact) mass is 853 g/mol. The van der Waals surface area contributed by atoms with Crippen LogP contribution in [0.4, 0.5) is 31.5 Å². The molecule has 65 heavy (non-hydrogen) atoms. The summed E-state index contributed by atoms with van der Waals surface area (Å²) in [5, 5.41) is 3.31. The van der Waals surface area contributed by atoms with E-state index in [4.69, 9.17) is 9.72 Å². The third-order valence-corrected chi connectivity index (χ3v) is 12.5. The van der Waals surface area contributed by atoms with Crippen LogP contribution in [0.2, 0.25) is 0 Å². The number of pyridine rings is 2. The fourth-order valence-corrected chi connectivity index (χ4v) is 9.49. The van der Waals surface area contributed by atoms with Crippen molar-refractivity contribution in [3.63, 3.8) is 0 Å². The molecule has 0 amide bonds. The smallest absolute Gasteiger partial charge is 0.137 e. The van der Waals surface area contributed by atoms with Gasteiger partial charge in [0.2, 0.25) is 0 Å². The molecule has 0 bridgehead atoms. The van der Waals surface area contributed by atoms with Gasteiger partial charge in [0, 0.05) is 58.1 Å². The van der Waals surface area contributed by atoms with E-state index in [1.165, 1.54) is 12.1 Å². The Balaban J connectivity index is 1.05. The fourth-order valence-electron chi connectivity index (χ4n) is 9.49. The van der Waals surface area contributed by atoms with Gasteiger partial charge in [-0.25, -0.2) is 13.8 Å². The maximum atomic E-state index is 14.6. The molecule has 0 radical (unpaired) electrons. The molecule has 0 N–H and O–H groups in total. The van der Waals surface area contributed by atoms with Crippen LogP contribution >= 0.6 is 0 Å². The summed E-state index contributed by atoms with van der Waals surface area (Å²) in [6.45, 7) is 9.24. The SMILES string of the molecule is CC(C)c1cc(-c2cc(F)cc(F)c2)cc(C(C)C)c1N1CN(c2cc(Oc3ccc4c5ccccc5n(-c5ccccn5)c4c3)cc(-c3ccc4ncccc4c3)c2)c2ccccc21. The number of rotatable bonds is 9. The summed E-state index contributed by atoms with van der Waals surface area (Å²) >= 11 is 0. The highest BCUT2D eigenvalue weighted by molar-refractivity contribution is 6.09. The van der Waals surface area contributed by atoms with Crippen LogP contribution in [0.3, 0.4) is 0 Å². The number of para-hydroxylation sites is 3. The molecule has 11 rings (SSSR count). The molecule has 8 heteroatoms. The first-order valence-corrected chi connectivity index (χ1v) is 22.1. The molecule has 0 atom stereocenters. The minimum atomic E-state index is -0.593. The van der Waals surface area contributed by atoms with Crippen LogP contribution in [0.15, 0.2) is 176 Å². The zero-order chi connectivity index (χ0) is 44.3. The lowest BCUT2D eigenvalue weighted by atomic mass is 9.87. The van der Waals surface area contributed by atoms with Gasteiger partial charge in [-0.05, 0) is 142 Å². The van der Waals surface area contributed by atoms with Crippen molar-refractivity contribution in [1.29, 1.82) is 0 Å². The molecular weight excluding hydrogens is 809 g/mol. The standard InChI is InChI=1S/C57H45F2N5O/c1-35(2)49-29-41(39-25-42(58)31-43(59)26-39)30-50(36(3)4)57(49)63-34-62(53-15-7-8-16-54(53)63)44-27-40(37-18-21-51-38(24-37)12-11-23-60-51)28-46(32-44)65-45-19-20-48-47-13-5-6-14-52(47)64(55(48)33-45)56-17-9-10-22-61-56/h5-33,35-36H,34H2,1-4H3. The Bertz CT molecular complexity index is 3400. The minimum Gasteiger partial charge on any atom is -0.457 e. The van der Waals surface area contributed by atoms with Crippen molar-refractivity contribution in [3.8, 4) is 39.6 Å². The van der Waals surface area contributed by atoms with E-state index >= 15 is 0 Å². The third-order valence-electron chi connectivity index (χ3n) is 12.5. The quantitative estimate of drug-likeness (QED) is 0.145. The van der Waals surface area contributed by atoms with E-state index in [1.54, 1.807) is 0 Å². The predicted octanol–water partition coefficient (Wildman–Crippen LogP) is 15.6. The van der Waals surface area contributed by atoms with Gasteiger partial charge >= 0.3 is 0 Å². The van der Waals surface area contributed by atoms with Crippen molar-refractivity contribution < 1.29 is 13.5 Å². The zero-order valence-corrected chi connectivity index (χ0v) is 36.5. The average molecular weight is 854 g/mol. The number of halogens is 2. The van der Waals surface area contributed by atoms with Crippen LogP contribution in [0.1, 0.15) is 50.7 Å². The number of aromatic nitrogens is 3. The van der Waals surface area contributed by atoms with E-state index in [2.05, 4.69) is 162 Å². The van der Waals surface area contributed by atoms with Gasteiger partial charge in [-0.15, -0.1) is 0 Å². The molecule has 0 saturated heterocycles. The first-order valence-electron chi connectivity index (χ1n) is 22.1. The largest absolute Gasteiger partial charge is 0.457 e.